The van der Waals surface area contributed by atoms with Gasteiger partial charge in [0.2, 0.25) is 0 Å². The van der Waals surface area contributed by atoms with Gasteiger partial charge in [0.25, 0.3) is 0 Å². The number of alkyl halides is 3. The number of rotatable bonds is 3. The lowest BCUT2D eigenvalue weighted by Crippen LogP contribution is -2.28. The molecule has 1 N–H and O–H groups in total. The van der Waals surface area contributed by atoms with E-state index in [-0.39, 0.29) is 5.02 Å². The van der Waals surface area contributed by atoms with Crippen molar-refractivity contribution in [2.24, 2.45) is 0 Å². The predicted octanol–water partition coefficient (Wildman–Crippen LogP) is 3.86. The third kappa shape index (κ3) is 3.85. The van der Waals surface area contributed by atoms with E-state index in [9.17, 15) is 13.2 Å². The van der Waals surface area contributed by atoms with Crippen LogP contribution in [0.5, 0.6) is 0 Å². The zero-order valence-electron chi connectivity index (χ0n) is 15.0. The molecule has 0 spiro atoms. The minimum absolute atomic E-state index is 0.0317. The van der Waals surface area contributed by atoms with Crippen LogP contribution in [0.3, 0.4) is 0 Å². The van der Waals surface area contributed by atoms with Crippen molar-refractivity contribution in [2.75, 3.05) is 26.2 Å². The smallest absolute Gasteiger partial charge is 0.315 e. The average molecular weight is 410 g/mol. The zero-order chi connectivity index (χ0) is 19.7. The molecule has 3 aromatic rings. The Bertz CT molecular complexity index is 963. The van der Waals surface area contributed by atoms with Crippen molar-refractivity contribution in [1.82, 2.24) is 24.6 Å². The van der Waals surface area contributed by atoms with E-state index in [1.54, 1.807) is 18.3 Å². The number of hydrogen-bond acceptors (Lipinski definition) is 4. The molecule has 4 rings (SSSR count). The zero-order valence-corrected chi connectivity index (χ0v) is 15.8. The van der Waals surface area contributed by atoms with Gasteiger partial charge in [-0.3, -0.25) is 9.88 Å². The normalized spacial score (nSPS) is 16.4. The number of pyridine rings is 2. The van der Waals surface area contributed by atoms with Gasteiger partial charge in [0.15, 0.2) is 5.65 Å². The van der Waals surface area contributed by atoms with Gasteiger partial charge in [0.05, 0.1) is 22.0 Å². The summed E-state index contributed by atoms with van der Waals surface area (Å²) in [7, 11) is 0. The highest BCUT2D eigenvalue weighted by molar-refractivity contribution is 6.33. The van der Waals surface area contributed by atoms with E-state index >= 15 is 0 Å². The van der Waals surface area contributed by atoms with E-state index in [4.69, 9.17) is 11.6 Å². The molecule has 0 unspecified atom stereocenters. The molecule has 1 fully saturated rings. The van der Waals surface area contributed by atoms with Crippen LogP contribution in [0.4, 0.5) is 13.2 Å². The molecule has 1 aliphatic heterocycles. The summed E-state index contributed by atoms with van der Waals surface area (Å²) in [5.74, 6) is 0. The molecular weight excluding hydrogens is 391 g/mol. The molecule has 9 heteroatoms. The van der Waals surface area contributed by atoms with E-state index in [0.29, 0.717) is 29.3 Å². The number of hydrogen-bond donors (Lipinski definition) is 1. The van der Waals surface area contributed by atoms with Crippen molar-refractivity contribution in [3.8, 4) is 11.4 Å². The first-order valence-corrected chi connectivity index (χ1v) is 9.43. The SMILES string of the molecule is FC(F)(F)c1cc(Cl)c2nc(-c3ccccn3)c(CN3CCCNCC3)n2c1. The summed E-state index contributed by atoms with van der Waals surface area (Å²) in [5, 5.41) is 3.30. The maximum absolute atomic E-state index is 13.3. The van der Waals surface area contributed by atoms with Gasteiger partial charge in [-0.2, -0.15) is 13.2 Å². The maximum atomic E-state index is 13.3. The number of aromatic nitrogens is 3. The third-order valence-corrected chi connectivity index (χ3v) is 5.09. The summed E-state index contributed by atoms with van der Waals surface area (Å²) in [6.45, 7) is 3.90. The monoisotopic (exact) mass is 409 g/mol. The number of nitrogens with zero attached hydrogens (tertiary/aromatic N) is 4. The Morgan fingerprint density at radius 1 is 1.18 bits per heavy atom. The molecule has 148 valence electrons. The number of imidazole rings is 1. The molecule has 0 aliphatic carbocycles. The fourth-order valence-corrected chi connectivity index (χ4v) is 3.69. The second kappa shape index (κ2) is 7.69. The number of nitrogens with one attached hydrogen (secondary N) is 1. The molecule has 5 nitrogen and oxygen atoms in total. The van der Waals surface area contributed by atoms with Gasteiger partial charge in [-0.1, -0.05) is 17.7 Å². The lowest BCUT2D eigenvalue weighted by Gasteiger charge is -2.20. The lowest BCUT2D eigenvalue weighted by molar-refractivity contribution is -0.137. The van der Waals surface area contributed by atoms with E-state index in [0.717, 1.165) is 44.9 Å². The van der Waals surface area contributed by atoms with E-state index in [2.05, 4.69) is 20.2 Å². The number of fused-ring (bicyclic) bond motifs is 1. The van der Waals surface area contributed by atoms with Gasteiger partial charge in [-0.15, -0.1) is 0 Å². The Kier molecular flexibility index (Phi) is 5.27. The van der Waals surface area contributed by atoms with Crippen LogP contribution in [-0.2, 0) is 12.7 Å². The molecule has 4 heterocycles. The van der Waals surface area contributed by atoms with Gasteiger partial charge in [0.1, 0.15) is 5.69 Å². The van der Waals surface area contributed by atoms with Crippen LogP contribution in [0.1, 0.15) is 17.7 Å². The second-order valence-corrected chi connectivity index (χ2v) is 7.18. The Morgan fingerprint density at radius 2 is 2.04 bits per heavy atom. The Balaban J connectivity index is 1.88. The highest BCUT2D eigenvalue weighted by atomic mass is 35.5. The van der Waals surface area contributed by atoms with Crippen molar-refractivity contribution in [3.05, 3.63) is 52.9 Å². The first kappa shape index (κ1) is 19.2. The van der Waals surface area contributed by atoms with Crippen molar-refractivity contribution < 1.29 is 13.2 Å². The maximum Gasteiger partial charge on any atom is 0.417 e. The Labute approximate surface area is 165 Å². The van der Waals surface area contributed by atoms with Crippen LogP contribution < -0.4 is 5.32 Å². The quantitative estimate of drug-likeness (QED) is 0.713. The predicted molar refractivity (Wildman–Crippen MR) is 101 cm³/mol. The van der Waals surface area contributed by atoms with Crippen molar-refractivity contribution >= 4 is 17.2 Å². The highest BCUT2D eigenvalue weighted by Crippen LogP contribution is 2.34. The summed E-state index contributed by atoms with van der Waals surface area (Å²) in [4.78, 5) is 11.1. The molecule has 0 amide bonds. The summed E-state index contributed by atoms with van der Waals surface area (Å²) in [6, 6.07) is 6.34. The fraction of sp³-hybridized carbons (Fsp3) is 0.368. The molecule has 28 heavy (non-hydrogen) atoms. The summed E-state index contributed by atoms with van der Waals surface area (Å²) in [5.41, 5.74) is 1.33. The Hall–Kier alpha value is -2.16. The second-order valence-electron chi connectivity index (χ2n) is 6.77. The van der Waals surface area contributed by atoms with Crippen LogP contribution in [0.2, 0.25) is 5.02 Å². The van der Waals surface area contributed by atoms with E-state index in [1.807, 2.05) is 6.07 Å². The number of halogens is 4. The average Bonchev–Trinajstić information content (AvgIpc) is 2.84. The summed E-state index contributed by atoms with van der Waals surface area (Å²) >= 11 is 6.18. The summed E-state index contributed by atoms with van der Waals surface area (Å²) < 4.78 is 41.5. The minimum atomic E-state index is -4.49. The molecule has 0 aromatic carbocycles. The topological polar surface area (TPSA) is 45.5 Å². The van der Waals surface area contributed by atoms with Crippen molar-refractivity contribution in [1.29, 1.82) is 0 Å². The van der Waals surface area contributed by atoms with Crippen LogP contribution in [0, 0.1) is 0 Å². The third-order valence-electron chi connectivity index (χ3n) is 4.81. The molecule has 0 atom stereocenters. The molecule has 3 aromatic heterocycles. The van der Waals surface area contributed by atoms with Crippen molar-refractivity contribution in [3.63, 3.8) is 0 Å². The molecular formula is C19H19ClF3N5. The fourth-order valence-electron chi connectivity index (χ4n) is 3.44. The van der Waals surface area contributed by atoms with Gasteiger partial charge >= 0.3 is 6.18 Å². The molecule has 0 radical (unpaired) electrons. The highest BCUT2D eigenvalue weighted by Gasteiger charge is 2.33. The lowest BCUT2D eigenvalue weighted by atomic mass is 10.2. The van der Waals surface area contributed by atoms with Gasteiger partial charge in [0, 0.05) is 32.0 Å². The van der Waals surface area contributed by atoms with Crippen LogP contribution in [0.15, 0.2) is 36.7 Å². The first-order valence-electron chi connectivity index (χ1n) is 9.05. The summed E-state index contributed by atoms with van der Waals surface area (Å²) in [6.07, 6.45) is -0.797. The van der Waals surface area contributed by atoms with Gasteiger partial charge < -0.3 is 9.72 Å². The molecule has 0 saturated carbocycles. The minimum Gasteiger partial charge on any atom is -0.315 e. The molecule has 1 aliphatic rings. The van der Waals surface area contributed by atoms with Crippen LogP contribution in [-0.4, -0.2) is 45.4 Å². The molecule has 0 bridgehead atoms. The van der Waals surface area contributed by atoms with Crippen molar-refractivity contribution in [2.45, 2.75) is 19.1 Å². The molecule has 1 saturated heterocycles. The van der Waals surface area contributed by atoms with E-state index in [1.165, 1.54) is 4.40 Å². The van der Waals surface area contributed by atoms with E-state index < -0.39 is 11.7 Å². The van der Waals surface area contributed by atoms with Crippen LogP contribution in [0.25, 0.3) is 17.0 Å². The van der Waals surface area contributed by atoms with Gasteiger partial charge in [-0.25, -0.2) is 4.98 Å². The Morgan fingerprint density at radius 3 is 2.79 bits per heavy atom. The van der Waals surface area contributed by atoms with Gasteiger partial charge in [-0.05, 0) is 37.7 Å². The standard InChI is InChI=1S/C19H19ClF3N5/c20-14-10-13(19(21,22)23)11-28-16(12-27-8-3-5-24-7-9-27)17(26-18(14)28)15-4-1-2-6-25-15/h1-2,4,6,10-11,24H,3,5,7-9,12H2. The largest absolute Gasteiger partial charge is 0.417 e. The van der Waals surface area contributed by atoms with Crippen LogP contribution >= 0.6 is 11.6 Å². The first-order chi connectivity index (χ1) is 13.4.